The van der Waals surface area contributed by atoms with E-state index in [0.717, 1.165) is 12.8 Å². The Labute approximate surface area is 117 Å². The highest BCUT2D eigenvalue weighted by molar-refractivity contribution is 5.99. The van der Waals surface area contributed by atoms with E-state index in [1.807, 2.05) is 0 Å². The fourth-order valence-corrected chi connectivity index (χ4v) is 2.67. The molecule has 7 heteroatoms. The molecule has 0 aromatic carbocycles. The predicted molar refractivity (Wildman–Crippen MR) is 74.4 cm³/mol. The van der Waals surface area contributed by atoms with E-state index in [0.29, 0.717) is 24.5 Å². The lowest BCUT2D eigenvalue weighted by molar-refractivity contribution is 0.0888. The number of aryl methyl sites for hydroxylation is 1. The average molecular weight is 279 g/mol. The van der Waals surface area contributed by atoms with Gasteiger partial charge in [0.05, 0.1) is 0 Å². The van der Waals surface area contributed by atoms with E-state index in [1.54, 1.807) is 19.3 Å². The average Bonchev–Trinajstić information content (AvgIpc) is 2.87. The molecule has 110 valence electrons. The van der Waals surface area contributed by atoms with Crippen LogP contribution in [-0.2, 0) is 7.05 Å². The molecule has 1 aromatic rings. The number of hydrogen-bond donors (Lipinski definition) is 3. The number of carbonyl (C=O) groups excluding carboxylic acids is 1. The van der Waals surface area contributed by atoms with Gasteiger partial charge in [-0.2, -0.15) is 5.10 Å². The molecule has 0 aliphatic heterocycles. The van der Waals surface area contributed by atoms with E-state index >= 15 is 0 Å². The molecule has 1 saturated carbocycles. The third-order valence-electron chi connectivity index (χ3n) is 4.13. The molecule has 1 aliphatic rings. The number of nitrogens with two attached hydrogens (primary N) is 1. The Bertz CT molecular complexity index is 515. The molecule has 4 N–H and O–H groups in total. The first-order valence-electron chi connectivity index (χ1n) is 6.77. The van der Waals surface area contributed by atoms with E-state index in [9.17, 15) is 4.79 Å². The molecule has 0 bridgehead atoms. The van der Waals surface area contributed by atoms with Crippen LogP contribution in [-0.4, -0.2) is 32.3 Å². The lowest BCUT2D eigenvalue weighted by Gasteiger charge is -2.38. The molecule has 1 heterocycles. The van der Waals surface area contributed by atoms with E-state index in [-0.39, 0.29) is 11.7 Å². The van der Waals surface area contributed by atoms with Crippen LogP contribution < -0.4 is 11.1 Å². The summed E-state index contributed by atoms with van der Waals surface area (Å²) in [6.45, 7) is 2.17. The molecule has 1 amide bonds. The first-order valence-corrected chi connectivity index (χ1v) is 6.77. The summed E-state index contributed by atoms with van der Waals surface area (Å²) in [4.78, 5) is 12.3. The fourth-order valence-electron chi connectivity index (χ4n) is 2.67. The van der Waals surface area contributed by atoms with E-state index in [1.165, 1.54) is 4.68 Å². The maximum atomic E-state index is 12.3. The zero-order valence-corrected chi connectivity index (χ0v) is 11.8. The number of nitrogens with one attached hydrogen (secondary N) is 1. The van der Waals surface area contributed by atoms with Crippen LogP contribution in [0.2, 0.25) is 0 Å². The summed E-state index contributed by atoms with van der Waals surface area (Å²) >= 11 is 0. The smallest absolute Gasteiger partial charge is 0.270 e. The lowest BCUT2D eigenvalue weighted by Crippen LogP contribution is -2.59. The largest absolute Gasteiger partial charge is 0.409 e. The Balaban J connectivity index is 2.21. The molecule has 0 atom stereocenters. The van der Waals surface area contributed by atoms with Crippen LogP contribution in [0.3, 0.4) is 0 Å². The Hall–Kier alpha value is -2.05. The van der Waals surface area contributed by atoms with Crippen molar-refractivity contribution >= 4 is 11.7 Å². The molecule has 1 fully saturated rings. The molecule has 7 nitrogen and oxygen atoms in total. The SMILES string of the molecule is CC1CCC(NC(=O)c2ccnn2C)(C(N)=NO)CC1. The highest BCUT2D eigenvalue weighted by Gasteiger charge is 2.40. The van der Waals surface area contributed by atoms with Gasteiger partial charge >= 0.3 is 0 Å². The van der Waals surface area contributed by atoms with Crippen LogP contribution >= 0.6 is 0 Å². The summed E-state index contributed by atoms with van der Waals surface area (Å²) in [5.41, 5.74) is 5.52. The molecule has 1 aliphatic carbocycles. The Morgan fingerprint density at radius 1 is 1.60 bits per heavy atom. The van der Waals surface area contributed by atoms with Crippen LogP contribution in [0.15, 0.2) is 17.4 Å². The van der Waals surface area contributed by atoms with Crippen molar-refractivity contribution in [1.82, 2.24) is 15.1 Å². The van der Waals surface area contributed by atoms with Gasteiger partial charge in [-0.3, -0.25) is 9.48 Å². The molecule has 0 unspecified atom stereocenters. The summed E-state index contributed by atoms with van der Waals surface area (Å²) < 4.78 is 1.50. The van der Waals surface area contributed by atoms with Crippen LogP contribution in [0.1, 0.15) is 43.1 Å². The maximum absolute atomic E-state index is 12.3. The van der Waals surface area contributed by atoms with Crippen LogP contribution in [0.25, 0.3) is 0 Å². The highest BCUT2D eigenvalue weighted by atomic mass is 16.4. The molecular formula is C13H21N5O2. The monoisotopic (exact) mass is 279 g/mol. The fraction of sp³-hybridized carbons (Fsp3) is 0.615. The van der Waals surface area contributed by atoms with E-state index in [2.05, 4.69) is 22.5 Å². The number of aromatic nitrogens is 2. The standard InChI is InChI=1S/C13H21N5O2/c1-9-3-6-13(7-4-9,12(14)17-20)16-11(19)10-5-8-15-18(10)2/h5,8-9,20H,3-4,6-7H2,1-2H3,(H2,14,17)(H,16,19). The molecule has 0 saturated heterocycles. The number of carbonyl (C=O) groups is 1. The van der Waals surface area contributed by atoms with Gasteiger partial charge in [0.25, 0.3) is 5.91 Å². The summed E-state index contributed by atoms with van der Waals surface area (Å²) in [5, 5.41) is 19.0. The maximum Gasteiger partial charge on any atom is 0.270 e. The summed E-state index contributed by atoms with van der Waals surface area (Å²) in [5.74, 6) is 0.397. The second kappa shape index (κ2) is 5.52. The van der Waals surface area contributed by atoms with Crippen molar-refractivity contribution in [2.75, 3.05) is 0 Å². The van der Waals surface area contributed by atoms with Gasteiger partial charge < -0.3 is 16.3 Å². The lowest BCUT2D eigenvalue weighted by atomic mass is 9.76. The van der Waals surface area contributed by atoms with Crippen molar-refractivity contribution in [3.8, 4) is 0 Å². The van der Waals surface area contributed by atoms with Crippen molar-refractivity contribution in [3.63, 3.8) is 0 Å². The van der Waals surface area contributed by atoms with Gasteiger partial charge in [-0.25, -0.2) is 0 Å². The van der Waals surface area contributed by atoms with Gasteiger partial charge in [-0.1, -0.05) is 12.1 Å². The second-order valence-corrected chi connectivity index (χ2v) is 5.54. The minimum Gasteiger partial charge on any atom is -0.409 e. The third-order valence-corrected chi connectivity index (χ3v) is 4.13. The Kier molecular flexibility index (Phi) is 3.96. The van der Waals surface area contributed by atoms with Crippen LogP contribution in [0, 0.1) is 5.92 Å². The molecule has 2 rings (SSSR count). The van der Waals surface area contributed by atoms with Crippen molar-refractivity contribution in [3.05, 3.63) is 18.0 Å². The van der Waals surface area contributed by atoms with Crippen molar-refractivity contribution in [1.29, 1.82) is 0 Å². The third kappa shape index (κ3) is 2.61. The van der Waals surface area contributed by atoms with Gasteiger partial charge in [0.2, 0.25) is 0 Å². The summed E-state index contributed by atoms with van der Waals surface area (Å²) in [7, 11) is 1.70. The number of amides is 1. The molecule has 20 heavy (non-hydrogen) atoms. The van der Waals surface area contributed by atoms with E-state index in [4.69, 9.17) is 10.9 Å². The Morgan fingerprint density at radius 2 is 2.25 bits per heavy atom. The first-order chi connectivity index (χ1) is 9.48. The van der Waals surface area contributed by atoms with Gasteiger partial charge in [0.15, 0.2) is 5.84 Å². The van der Waals surface area contributed by atoms with Gasteiger partial charge in [0, 0.05) is 13.2 Å². The minimum atomic E-state index is -0.761. The molecule has 1 aromatic heterocycles. The highest BCUT2D eigenvalue weighted by Crippen LogP contribution is 2.32. The minimum absolute atomic E-state index is 0.0694. The Morgan fingerprint density at radius 3 is 2.75 bits per heavy atom. The first kappa shape index (κ1) is 14.4. The molecule has 0 radical (unpaired) electrons. The topological polar surface area (TPSA) is 106 Å². The van der Waals surface area contributed by atoms with Crippen molar-refractivity contribution in [2.45, 2.75) is 38.1 Å². The second-order valence-electron chi connectivity index (χ2n) is 5.54. The number of amidine groups is 1. The summed E-state index contributed by atoms with van der Waals surface area (Å²) in [6.07, 6.45) is 4.78. The number of nitrogens with zero attached hydrogens (tertiary/aromatic N) is 3. The quantitative estimate of drug-likeness (QED) is 0.330. The number of rotatable bonds is 3. The van der Waals surface area contributed by atoms with Crippen molar-refractivity contribution in [2.24, 2.45) is 23.9 Å². The van der Waals surface area contributed by atoms with Gasteiger partial charge in [-0.15, -0.1) is 0 Å². The zero-order valence-electron chi connectivity index (χ0n) is 11.8. The van der Waals surface area contributed by atoms with Crippen molar-refractivity contribution < 1.29 is 10.0 Å². The van der Waals surface area contributed by atoms with Crippen LogP contribution in [0.4, 0.5) is 0 Å². The molecular weight excluding hydrogens is 258 g/mol. The number of hydrogen-bond acceptors (Lipinski definition) is 4. The van der Waals surface area contributed by atoms with Crippen LogP contribution in [0.5, 0.6) is 0 Å². The van der Waals surface area contributed by atoms with Gasteiger partial charge in [-0.05, 0) is 37.7 Å². The summed E-state index contributed by atoms with van der Waals surface area (Å²) in [6, 6.07) is 1.64. The molecule has 0 spiro atoms. The number of oxime groups is 1. The zero-order chi connectivity index (χ0) is 14.8. The van der Waals surface area contributed by atoms with Gasteiger partial charge in [0.1, 0.15) is 11.2 Å². The normalized spacial score (nSPS) is 27.3. The van der Waals surface area contributed by atoms with E-state index < -0.39 is 5.54 Å². The predicted octanol–water partition coefficient (Wildman–Crippen LogP) is 0.845.